The molecule has 0 bridgehead atoms. The average molecular weight is 893 g/mol. The summed E-state index contributed by atoms with van der Waals surface area (Å²) < 4.78 is 25.6. The van der Waals surface area contributed by atoms with Crippen LogP contribution in [-0.2, 0) is 18.6 Å². The second-order valence-corrected chi connectivity index (χ2v) is 19.9. The van der Waals surface area contributed by atoms with Crippen LogP contribution in [-0.4, -0.2) is 36.6 Å². The summed E-state index contributed by atoms with van der Waals surface area (Å²) in [6, 6.07) is 73.4. The third-order valence-electron chi connectivity index (χ3n) is 14.4. The van der Waals surface area contributed by atoms with Gasteiger partial charge in [-0.1, -0.05) is 133 Å². The first-order valence-electron chi connectivity index (χ1n) is 23.7. The molecular formula is C60H58B2N2O4. The Morgan fingerprint density at radius 1 is 0.250 bits per heavy atom. The minimum Gasteiger partial charge on any atom is -0.399 e. The van der Waals surface area contributed by atoms with Crippen molar-refractivity contribution in [1.29, 1.82) is 0 Å². The highest BCUT2D eigenvalue weighted by atomic mass is 16.7. The van der Waals surface area contributed by atoms with E-state index < -0.39 is 36.6 Å². The van der Waals surface area contributed by atoms with Gasteiger partial charge in [0.25, 0.3) is 0 Å². The molecule has 0 saturated carbocycles. The van der Waals surface area contributed by atoms with Crippen LogP contribution in [0.25, 0.3) is 33.4 Å². The van der Waals surface area contributed by atoms with Crippen LogP contribution in [0.5, 0.6) is 0 Å². The highest BCUT2D eigenvalue weighted by Crippen LogP contribution is 2.41. The molecule has 8 aromatic rings. The van der Waals surface area contributed by atoms with Crippen molar-refractivity contribution >= 4 is 59.3 Å². The van der Waals surface area contributed by atoms with E-state index in [2.05, 4.69) is 271 Å². The first-order chi connectivity index (χ1) is 32.6. The van der Waals surface area contributed by atoms with Crippen LogP contribution in [0.3, 0.4) is 0 Å². The smallest absolute Gasteiger partial charge is 0.399 e. The quantitative estimate of drug-likeness (QED) is 0.121. The van der Waals surface area contributed by atoms with Gasteiger partial charge in [-0.15, -0.1) is 0 Å². The second-order valence-electron chi connectivity index (χ2n) is 19.9. The molecule has 0 spiro atoms. The minimum atomic E-state index is -0.432. The van der Waals surface area contributed by atoms with E-state index in [9.17, 15) is 0 Å². The summed E-state index contributed by atoms with van der Waals surface area (Å²) in [7, 11) is -0.864. The molecule has 0 aromatic heterocycles. The van der Waals surface area contributed by atoms with E-state index in [-0.39, 0.29) is 0 Å². The van der Waals surface area contributed by atoms with E-state index in [4.69, 9.17) is 18.6 Å². The number of nitrogens with zero attached hydrogens (tertiary/aromatic N) is 2. The highest BCUT2D eigenvalue weighted by molar-refractivity contribution is 6.62. The first-order valence-corrected chi connectivity index (χ1v) is 23.7. The molecule has 2 heterocycles. The summed E-state index contributed by atoms with van der Waals surface area (Å²) in [6.45, 7) is 16.7. The molecule has 2 saturated heterocycles. The highest BCUT2D eigenvalue weighted by Gasteiger charge is 2.52. The Kier molecular flexibility index (Phi) is 11.8. The van der Waals surface area contributed by atoms with E-state index in [0.29, 0.717) is 0 Å². The Hall–Kier alpha value is -6.67. The molecule has 2 aliphatic rings. The molecule has 338 valence electrons. The molecule has 8 heteroatoms. The molecule has 6 nitrogen and oxygen atoms in total. The average Bonchev–Trinajstić information content (AvgIpc) is 3.72. The molecule has 0 aliphatic carbocycles. The van der Waals surface area contributed by atoms with Gasteiger partial charge in [-0.25, -0.2) is 0 Å². The lowest BCUT2D eigenvalue weighted by atomic mass is 9.79. The summed E-state index contributed by atoms with van der Waals surface area (Å²) in [5.41, 5.74) is 13.6. The SMILES string of the molecule is CC1(C)OB(c2ccc(N(c3ccc(-c4ccccc4)cc3)c3ccc(-c4ccc(N(c5ccc(B6OC(C)(C)C(C)(C)O6)cc5)c5ccc(-c6ccccc6)cc5)cc4)cc3)cc2)OC1(C)C. The fourth-order valence-corrected chi connectivity index (χ4v) is 8.89. The maximum Gasteiger partial charge on any atom is 0.494 e. The molecule has 0 amide bonds. The molecule has 0 N–H and O–H groups in total. The van der Waals surface area contributed by atoms with Gasteiger partial charge < -0.3 is 28.4 Å². The van der Waals surface area contributed by atoms with Crippen LogP contribution in [0.1, 0.15) is 55.4 Å². The van der Waals surface area contributed by atoms with Gasteiger partial charge in [-0.2, -0.15) is 0 Å². The second kappa shape index (κ2) is 17.8. The first kappa shape index (κ1) is 45.1. The van der Waals surface area contributed by atoms with Gasteiger partial charge in [0.2, 0.25) is 0 Å². The Morgan fingerprint density at radius 3 is 0.662 bits per heavy atom. The molecule has 2 aliphatic heterocycles. The predicted octanol–water partition coefficient (Wildman–Crippen LogP) is 14.2. The molecule has 2 fully saturated rings. The van der Waals surface area contributed by atoms with Crippen molar-refractivity contribution in [2.45, 2.75) is 77.8 Å². The van der Waals surface area contributed by atoms with Crippen LogP contribution in [0.2, 0.25) is 0 Å². The zero-order chi connectivity index (χ0) is 47.3. The molecule has 68 heavy (non-hydrogen) atoms. The summed E-state index contributed by atoms with van der Waals surface area (Å²) in [5, 5.41) is 0. The molecule has 0 radical (unpaired) electrons. The predicted molar refractivity (Wildman–Crippen MR) is 284 cm³/mol. The number of anilines is 6. The largest absolute Gasteiger partial charge is 0.494 e. The van der Waals surface area contributed by atoms with E-state index in [1.54, 1.807) is 0 Å². The summed E-state index contributed by atoms with van der Waals surface area (Å²) in [5.74, 6) is 0. The monoisotopic (exact) mass is 892 g/mol. The van der Waals surface area contributed by atoms with Gasteiger partial charge in [-0.3, -0.25) is 0 Å². The fraction of sp³-hybridized carbons (Fsp3) is 0.200. The Labute approximate surface area is 403 Å². The Balaban J connectivity index is 0.946. The molecule has 10 rings (SSSR count). The van der Waals surface area contributed by atoms with Gasteiger partial charge in [0.1, 0.15) is 0 Å². The lowest BCUT2D eigenvalue weighted by Crippen LogP contribution is -2.41. The van der Waals surface area contributed by atoms with E-state index in [1.165, 1.54) is 22.3 Å². The van der Waals surface area contributed by atoms with Crippen molar-refractivity contribution in [3.05, 3.63) is 206 Å². The van der Waals surface area contributed by atoms with E-state index >= 15 is 0 Å². The Morgan fingerprint density at radius 2 is 0.441 bits per heavy atom. The van der Waals surface area contributed by atoms with Gasteiger partial charge in [0.15, 0.2) is 0 Å². The normalized spacial score (nSPS) is 16.7. The summed E-state index contributed by atoms with van der Waals surface area (Å²) >= 11 is 0. The van der Waals surface area contributed by atoms with Crippen molar-refractivity contribution in [3.8, 4) is 33.4 Å². The van der Waals surface area contributed by atoms with Gasteiger partial charge in [-0.05, 0) is 172 Å². The number of rotatable bonds is 11. The summed E-state index contributed by atoms with van der Waals surface area (Å²) in [4.78, 5) is 4.60. The fourth-order valence-electron chi connectivity index (χ4n) is 8.89. The van der Waals surface area contributed by atoms with Crippen LogP contribution < -0.4 is 20.7 Å². The van der Waals surface area contributed by atoms with Gasteiger partial charge in [0, 0.05) is 34.1 Å². The lowest BCUT2D eigenvalue weighted by molar-refractivity contribution is 0.00578. The van der Waals surface area contributed by atoms with E-state index in [0.717, 1.165) is 56.2 Å². The topological polar surface area (TPSA) is 43.4 Å². The maximum atomic E-state index is 6.40. The van der Waals surface area contributed by atoms with Crippen molar-refractivity contribution in [1.82, 2.24) is 0 Å². The maximum absolute atomic E-state index is 6.40. The summed E-state index contributed by atoms with van der Waals surface area (Å²) in [6.07, 6.45) is 0. The van der Waals surface area contributed by atoms with Gasteiger partial charge >= 0.3 is 14.2 Å². The lowest BCUT2D eigenvalue weighted by Gasteiger charge is -2.32. The number of benzene rings is 8. The standard InChI is InChI=1S/C60H58B2N2O4/c1-57(2)58(3,4)66-61(65-57)49-27-39-55(40-28-49)63(51-31-19-45(20-32-51)43-15-11-9-12-16-43)53-35-23-47(24-36-53)48-25-37-54(38-26-48)64(52-33-21-46(22-34-52)44-17-13-10-14-18-44)56-41-29-50(30-42-56)62-67-59(5,6)60(7,8)68-62/h9-42H,1-8H3. The number of hydrogen-bond donors (Lipinski definition) is 0. The third kappa shape index (κ3) is 8.81. The molecule has 8 aromatic carbocycles. The van der Waals surface area contributed by atoms with Gasteiger partial charge in [0.05, 0.1) is 22.4 Å². The Bertz CT molecular complexity index is 2740. The third-order valence-corrected chi connectivity index (χ3v) is 14.4. The van der Waals surface area contributed by atoms with Crippen molar-refractivity contribution in [2.24, 2.45) is 0 Å². The molecular weight excluding hydrogens is 834 g/mol. The van der Waals surface area contributed by atoms with E-state index in [1.807, 2.05) is 0 Å². The van der Waals surface area contributed by atoms with Crippen molar-refractivity contribution in [3.63, 3.8) is 0 Å². The molecule has 0 atom stereocenters. The van der Waals surface area contributed by atoms with Crippen LogP contribution in [0, 0.1) is 0 Å². The van der Waals surface area contributed by atoms with Crippen molar-refractivity contribution in [2.75, 3.05) is 9.80 Å². The zero-order valence-electron chi connectivity index (χ0n) is 40.3. The van der Waals surface area contributed by atoms with Crippen LogP contribution in [0.15, 0.2) is 206 Å². The minimum absolute atomic E-state index is 0.414. The zero-order valence-corrected chi connectivity index (χ0v) is 40.3. The van der Waals surface area contributed by atoms with Crippen molar-refractivity contribution < 1.29 is 18.6 Å². The van der Waals surface area contributed by atoms with Crippen LogP contribution in [0.4, 0.5) is 34.1 Å². The number of hydrogen-bond acceptors (Lipinski definition) is 6. The molecule has 0 unspecified atom stereocenters. The van der Waals surface area contributed by atoms with Crippen LogP contribution >= 0.6 is 0 Å².